The molecular weight excluding hydrogens is 246 g/mol. The van der Waals surface area contributed by atoms with Gasteiger partial charge in [-0.05, 0) is 25.0 Å². The molecule has 0 heterocycles. The SMILES string of the molecule is O=C(Nc1cccc(O)c1)[C@H]1CCCC[C@H]1C(=O)O. The fourth-order valence-corrected chi connectivity index (χ4v) is 2.56. The van der Waals surface area contributed by atoms with E-state index in [1.54, 1.807) is 12.1 Å². The van der Waals surface area contributed by atoms with E-state index in [-0.39, 0.29) is 11.7 Å². The van der Waals surface area contributed by atoms with Crippen LogP contribution in [-0.4, -0.2) is 22.1 Å². The minimum atomic E-state index is -0.907. The minimum absolute atomic E-state index is 0.0660. The van der Waals surface area contributed by atoms with Crippen LogP contribution in [0.15, 0.2) is 24.3 Å². The Morgan fingerprint density at radius 2 is 1.84 bits per heavy atom. The second-order valence-corrected chi connectivity index (χ2v) is 4.88. The van der Waals surface area contributed by atoms with Crippen molar-refractivity contribution in [3.8, 4) is 5.75 Å². The van der Waals surface area contributed by atoms with Gasteiger partial charge in [0, 0.05) is 11.8 Å². The van der Waals surface area contributed by atoms with Crippen molar-refractivity contribution in [3.63, 3.8) is 0 Å². The van der Waals surface area contributed by atoms with E-state index in [1.807, 2.05) is 0 Å². The molecule has 0 aliphatic heterocycles. The zero-order chi connectivity index (χ0) is 13.8. The number of hydrogen-bond donors (Lipinski definition) is 3. The van der Waals surface area contributed by atoms with Crippen LogP contribution in [0.1, 0.15) is 25.7 Å². The molecule has 102 valence electrons. The monoisotopic (exact) mass is 263 g/mol. The first-order valence-corrected chi connectivity index (χ1v) is 6.40. The van der Waals surface area contributed by atoms with E-state index < -0.39 is 17.8 Å². The van der Waals surface area contributed by atoms with Crippen LogP contribution >= 0.6 is 0 Å². The molecule has 0 radical (unpaired) electrons. The molecule has 0 saturated heterocycles. The van der Waals surface area contributed by atoms with Crippen molar-refractivity contribution in [2.75, 3.05) is 5.32 Å². The summed E-state index contributed by atoms with van der Waals surface area (Å²) in [5.74, 6) is -2.22. The number of anilines is 1. The summed E-state index contributed by atoms with van der Waals surface area (Å²) in [5, 5.41) is 21.2. The number of rotatable bonds is 3. The fourth-order valence-electron chi connectivity index (χ4n) is 2.56. The fraction of sp³-hybridized carbons (Fsp3) is 0.429. The van der Waals surface area contributed by atoms with Crippen molar-refractivity contribution in [2.24, 2.45) is 11.8 Å². The van der Waals surface area contributed by atoms with Crippen LogP contribution in [0.2, 0.25) is 0 Å². The number of carboxylic acids is 1. The number of carbonyl (C=O) groups is 2. The number of phenols is 1. The molecule has 0 bridgehead atoms. The molecule has 0 spiro atoms. The molecule has 3 N–H and O–H groups in total. The van der Waals surface area contributed by atoms with Gasteiger partial charge in [0.15, 0.2) is 0 Å². The van der Waals surface area contributed by atoms with Crippen LogP contribution in [0.5, 0.6) is 5.75 Å². The highest BCUT2D eigenvalue weighted by molar-refractivity contribution is 5.95. The maximum absolute atomic E-state index is 12.1. The third-order valence-electron chi connectivity index (χ3n) is 3.53. The van der Waals surface area contributed by atoms with Crippen LogP contribution in [0.4, 0.5) is 5.69 Å². The first kappa shape index (κ1) is 13.4. The first-order chi connectivity index (χ1) is 9.08. The highest BCUT2D eigenvalue weighted by atomic mass is 16.4. The molecule has 0 unspecified atom stereocenters. The maximum atomic E-state index is 12.1. The van der Waals surface area contributed by atoms with E-state index in [0.29, 0.717) is 18.5 Å². The number of carboxylic acid groups (broad SMARTS) is 1. The lowest BCUT2D eigenvalue weighted by atomic mass is 9.78. The van der Waals surface area contributed by atoms with E-state index >= 15 is 0 Å². The van der Waals surface area contributed by atoms with Crippen molar-refractivity contribution >= 4 is 17.6 Å². The van der Waals surface area contributed by atoms with Gasteiger partial charge < -0.3 is 15.5 Å². The van der Waals surface area contributed by atoms with Crippen molar-refractivity contribution in [3.05, 3.63) is 24.3 Å². The van der Waals surface area contributed by atoms with E-state index in [0.717, 1.165) is 12.8 Å². The van der Waals surface area contributed by atoms with Crippen molar-refractivity contribution < 1.29 is 19.8 Å². The molecule has 1 amide bonds. The number of benzene rings is 1. The Balaban J connectivity index is 2.07. The van der Waals surface area contributed by atoms with E-state index in [1.165, 1.54) is 12.1 Å². The second kappa shape index (κ2) is 5.73. The largest absolute Gasteiger partial charge is 0.508 e. The summed E-state index contributed by atoms with van der Waals surface area (Å²) in [4.78, 5) is 23.3. The van der Waals surface area contributed by atoms with Crippen molar-refractivity contribution in [1.29, 1.82) is 0 Å². The summed E-state index contributed by atoms with van der Waals surface area (Å²) in [6, 6.07) is 6.24. The Bertz CT molecular complexity index is 486. The number of hydrogen-bond acceptors (Lipinski definition) is 3. The zero-order valence-corrected chi connectivity index (χ0v) is 10.5. The average molecular weight is 263 g/mol. The lowest BCUT2D eigenvalue weighted by Crippen LogP contribution is -2.36. The highest BCUT2D eigenvalue weighted by Crippen LogP contribution is 2.31. The molecular formula is C14H17NO4. The smallest absolute Gasteiger partial charge is 0.307 e. The van der Waals surface area contributed by atoms with Crippen LogP contribution in [0.3, 0.4) is 0 Å². The summed E-state index contributed by atoms with van der Waals surface area (Å²) in [6.07, 6.45) is 2.88. The Morgan fingerprint density at radius 1 is 1.16 bits per heavy atom. The van der Waals surface area contributed by atoms with Gasteiger partial charge in [-0.15, -0.1) is 0 Å². The molecule has 5 heteroatoms. The summed E-state index contributed by atoms with van der Waals surface area (Å²) < 4.78 is 0. The molecule has 1 aliphatic carbocycles. The molecule has 1 aliphatic rings. The summed E-state index contributed by atoms with van der Waals surface area (Å²) >= 11 is 0. The number of amides is 1. The number of nitrogens with one attached hydrogen (secondary N) is 1. The second-order valence-electron chi connectivity index (χ2n) is 4.88. The van der Waals surface area contributed by atoms with Gasteiger partial charge in [0.2, 0.25) is 5.91 Å². The number of aromatic hydroxyl groups is 1. The number of aliphatic carboxylic acids is 1. The van der Waals surface area contributed by atoms with Crippen LogP contribution in [0.25, 0.3) is 0 Å². The van der Waals surface area contributed by atoms with E-state index in [2.05, 4.69) is 5.32 Å². The molecule has 2 atom stereocenters. The highest BCUT2D eigenvalue weighted by Gasteiger charge is 2.35. The third-order valence-corrected chi connectivity index (χ3v) is 3.53. The van der Waals surface area contributed by atoms with Crippen molar-refractivity contribution in [2.45, 2.75) is 25.7 Å². The predicted molar refractivity (Wildman–Crippen MR) is 69.8 cm³/mol. The zero-order valence-electron chi connectivity index (χ0n) is 10.5. The predicted octanol–water partition coefficient (Wildman–Crippen LogP) is 2.22. The van der Waals surface area contributed by atoms with Crippen LogP contribution < -0.4 is 5.32 Å². The molecule has 1 aromatic rings. The van der Waals surface area contributed by atoms with E-state index in [4.69, 9.17) is 5.11 Å². The van der Waals surface area contributed by atoms with Gasteiger partial charge in [0.05, 0.1) is 11.8 Å². The molecule has 5 nitrogen and oxygen atoms in total. The Labute approximate surface area is 111 Å². The molecule has 19 heavy (non-hydrogen) atoms. The van der Waals surface area contributed by atoms with Gasteiger partial charge in [0.1, 0.15) is 5.75 Å². The Morgan fingerprint density at radius 3 is 2.47 bits per heavy atom. The van der Waals surface area contributed by atoms with Gasteiger partial charge in [-0.25, -0.2) is 0 Å². The maximum Gasteiger partial charge on any atom is 0.307 e. The van der Waals surface area contributed by atoms with Gasteiger partial charge in [-0.2, -0.15) is 0 Å². The lowest BCUT2D eigenvalue weighted by molar-refractivity contribution is -0.147. The number of phenolic OH excluding ortho intramolecular Hbond substituents is 1. The number of carbonyl (C=O) groups excluding carboxylic acids is 1. The molecule has 1 saturated carbocycles. The molecule has 0 aromatic heterocycles. The van der Waals surface area contributed by atoms with Gasteiger partial charge >= 0.3 is 5.97 Å². The van der Waals surface area contributed by atoms with E-state index in [9.17, 15) is 14.7 Å². The first-order valence-electron chi connectivity index (χ1n) is 6.40. The van der Waals surface area contributed by atoms with Gasteiger partial charge in [-0.3, -0.25) is 9.59 Å². The molecule has 2 rings (SSSR count). The molecule has 1 aromatic carbocycles. The standard InChI is InChI=1S/C14H17NO4/c16-10-5-3-4-9(8-10)15-13(17)11-6-1-2-7-12(11)14(18)19/h3-5,8,11-12,16H,1-2,6-7H2,(H,15,17)(H,18,19)/t11-,12+/m0/s1. The summed E-state index contributed by atoms with van der Waals surface area (Å²) in [5.41, 5.74) is 0.486. The summed E-state index contributed by atoms with van der Waals surface area (Å²) in [7, 11) is 0. The van der Waals surface area contributed by atoms with Gasteiger partial charge in [0.25, 0.3) is 0 Å². The lowest BCUT2D eigenvalue weighted by Gasteiger charge is -2.27. The average Bonchev–Trinajstić information content (AvgIpc) is 2.38. The quantitative estimate of drug-likeness (QED) is 0.780. The summed E-state index contributed by atoms with van der Waals surface area (Å²) in [6.45, 7) is 0. The van der Waals surface area contributed by atoms with Gasteiger partial charge in [-0.1, -0.05) is 18.9 Å². The third kappa shape index (κ3) is 3.24. The van der Waals surface area contributed by atoms with Crippen molar-refractivity contribution in [1.82, 2.24) is 0 Å². The van der Waals surface area contributed by atoms with Crippen LogP contribution in [0, 0.1) is 11.8 Å². The van der Waals surface area contributed by atoms with Crippen LogP contribution in [-0.2, 0) is 9.59 Å². The normalized spacial score (nSPS) is 22.7. The minimum Gasteiger partial charge on any atom is -0.508 e. The topological polar surface area (TPSA) is 86.6 Å². The molecule has 1 fully saturated rings. The Hall–Kier alpha value is -2.04. The Kier molecular flexibility index (Phi) is 4.04.